The molecule has 0 aliphatic carbocycles. The van der Waals surface area contributed by atoms with E-state index in [1.807, 2.05) is 0 Å². The maximum absolute atomic E-state index is 11.4. The van der Waals surface area contributed by atoms with Gasteiger partial charge < -0.3 is 9.84 Å². The van der Waals surface area contributed by atoms with Crippen molar-refractivity contribution in [3.05, 3.63) is 17.0 Å². The topological polar surface area (TPSA) is 113 Å². The van der Waals surface area contributed by atoms with Crippen LogP contribution in [-0.4, -0.2) is 44.9 Å². The molecule has 0 fully saturated rings. The predicted molar refractivity (Wildman–Crippen MR) is 58.1 cm³/mol. The summed E-state index contributed by atoms with van der Waals surface area (Å²) in [5, 5.41) is 23.0. The number of aromatic hydroxyl groups is 1. The number of nitrogens with one attached hydrogen (secondary N) is 1. The molecular formula is C9H10N5O4+. The molecule has 0 aliphatic rings. The minimum Gasteiger partial charge on any atom is -0.499 e. The summed E-state index contributed by atoms with van der Waals surface area (Å²) in [6.07, 6.45) is 0. The van der Waals surface area contributed by atoms with E-state index in [-0.39, 0.29) is 27.9 Å². The van der Waals surface area contributed by atoms with Gasteiger partial charge in [0.2, 0.25) is 11.6 Å². The zero-order chi connectivity index (χ0) is 13.1. The minimum absolute atomic E-state index is 0.102. The first-order valence-corrected chi connectivity index (χ1v) is 4.83. The van der Waals surface area contributed by atoms with Gasteiger partial charge >= 0.3 is 5.69 Å². The van der Waals surface area contributed by atoms with Crippen LogP contribution in [0.15, 0.2) is 12.1 Å². The van der Waals surface area contributed by atoms with Gasteiger partial charge in [-0.3, -0.25) is 0 Å². The summed E-state index contributed by atoms with van der Waals surface area (Å²) in [6.45, 7) is 0. The van der Waals surface area contributed by atoms with E-state index >= 15 is 0 Å². The van der Waals surface area contributed by atoms with Gasteiger partial charge in [0.25, 0.3) is 4.92 Å². The molecule has 0 spiro atoms. The standard InChI is InChI=1S/C9H9N5O4/c1-17-7-4-5(9-10-12-13-11-9)3-6(8(7)15)14(16)18-2/h3-4H,1-2H3,(H-,10,11,12,13,15,16)/p+1. The number of aromatic amines is 1. The summed E-state index contributed by atoms with van der Waals surface area (Å²) in [5.41, 5.74) is 0.336. The van der Waals surface area contributed by atoms with E-state index in [2.05, 4.69) is 25.5 Å². The van der Waals surface area contributed by atoms with Crippen LogP contribution in [-0.2, 0) is 4.84 Å². The van der Waals surface area contributed by atoms with Gasteiger partial charge in [0.15, 0.2) is 12.9 Å². The highest BCUT2D eigenvalue weighted by atomic mass is 16.8. The number of nitrogens with zero attached hydrogens (tertiary/aromatic N) is 4. The zero-order valence-corrected chi connectivity index (χ0v) is 9.62. The Labute approximate surface area is 101 Å². The molecule has 0 saturated heterocycles. The maximum Gasteiger partial charge on any atom is 0.362 e. The van der Waals surface area contributed by atoms with E-state index in [0.29, 0.717) is 5.56 Å². The molecule has 9 heteroatoms. The number of ether oxygens (including phenoxy) is 1. The van der Waals surface area contributed by atoms with Crippen LogP contribution in [0.5, 0.6) is 11.5 Å². The largest absolute Gasteiger partial charge is 0.499 e. The summed E-state index contributed by atoms with van der Waals surface area (Å²) in [6, 6.07) is 2.84. The van der Waals surface area contributed by atoms with E-state index in [1.54, 1.807) is 0 Å². The van der Waals surface area contributed by atoms with Crippen molar-refractivity contribution in [2.24, 2.45) is 0 Å². The van der Waals surface area contributed by atoms with Crippen LogP contribution >= 0.6 is 0 Å². The van der Waals surface area contributed by atoms with E-state index in [9.17, 15) is 10.0 Å². The molecule has 1 aromatic carbocycles. The third-order valence-electron chi connectivity index (χ3n) is 2.24. The number of hydrogen-bond donors (Lipinski definition) is 2. The quantitative estimate of drug-likeness (QED) is 0.764. The molecule has 0 bridgehead atoms. The van der Waals surface area contributed by atoms with Crippen LogP contribution in [0.4, 0.5) is 5.69 Å². The Morgan fingerprint density at radius 2 is 2.17 bits per heavy atom. The fourth-order valence-electron chi connectivity index (χ4n) is 1.40. The average molecular weight is 252 g/mol. The van der Waals surface area contributed by atoms with Crippen molar-refractivity contribution in [3.63, 3.8) is 0 Å². The Bertz CT molecular complexity index is 569. The molecular weight excluding hydrogens is 242 g/mol. The van der Waals surface area contributed by atoms with Gasteiger partial charge in [-0.2, -0.15) is 5.21 Å². The number of tetrazole rings is 1. The van der Waals surface area contributed by atoms with Gasteiger partial charge in [0.1, 0.15) is 0 Å². The number of hydrogen-bond acceptors (Lipinski definition) is 7. The number of phenols is 1. The molecule has 2 aromatic rings. The number of aromatic nitrogens is 4. The highest BCUT2D eigenvalue weighted by Crippen LogP contribution is 2.39. The normalized spacial score (nSPS) is 10.1. The van der Waals surface area contributed by atoms with E-state index in [4.69, 9.17) is 4.74 Å². The second-order valence-electron chi connectivity index (χ2n) is 3.22. The highest BCUT2D eigenvalue weighted by Gasteiger charge is 2.26. The van der Waals surface area contributed by atoms with Gasteiger partial charge in [-0.25, -0.2) is 4.84 Å². The second-order valence-corrected chi connectivity index (χ2v) is 3.22. The first kappa shape index (κ1) is 11.8. The lowest BCUT2D eigenvalue weighted by Gasteiger charge is -2.04. The lowest BCUT2D eigenvalue weighted by molar-refractivity contribution is -0.736. The van der Waals surface area contributed by atoms with Crippen molar-refractivity contribution in [1.29, 1.82) is 0 Å². The molecule has 2 N–H and O–H groups in total. The number of H-pyrrole nitrogens is 1. The van der Waals surface area contributed by atoms with Crippen LogP contribution in [0.3, 0.4) is 0 Å². The zero-order valence-electron chi connectivity index (χ0n) is 9.62. The summed E-state index contributed by atoms with van der Waals surface area (Å²) in [7, 11) is 2.54. The van der Waals surface area contributed by atoms with E-state index in [0.717, 1.165) is 0 Å². The molecule has 0 saturated carbocycles. The Balaban J connectivity index is 2.60. The maximum atomic E-state index is 11.4. The molecule has 0 unspecified atom stereocenters. The molecule has 9 nitrogen and oxygen atoms in total. The molecule has 0 atom stereocenters. The molecule has 18 heavy (non-hydrogen) atoms. The lowest BCUT2D eigenvalue weighted by Crippen LogP contribution is -2.00. The fraction of sp³-hybridized carbons (Fsp3) is 0.222. The number of methoxy groups -OCH3 is 1. The lowest BCUT2D eigenvalue weighted by atomic mass is 10.1. The van der Waals surface area contributed by atoms with Crippen LogP contribution in [0, 0.1) is 4.91 Å². The summed E-state index contributed by atoms with van der Waals surface area (Å²) >= 11 is 0. The first-order chi connectivity index (χ1) is 8.67. The Kier molecular flexibility index (Phi) is 3.04. The van der Waals surface area contributed by atoms with Crippen molar-refractivity contribution in [1.82, 2.24) is 20.6 Å². The van der Waals surface area contributed by atoms with Crippen molar-refractivity contribution < 1.29 is 19.6 Å². The van der Waals surface area contributed by atoms with Gasteiger partial charge in [0, 0.05) is 11.6 Å². The summed E-state index contributed by atoms with van der Waals surface area (Å²) in [4.78, 5) is 16.1. The van der Waals surface area contributed by atoms with Crippen LogP contribution in [0.25, 0.3) is 11.4 Å². The minimum atomic E-state index is -0.332. The third kappa shape index (κ3) is 1.93. The first-order valence-electron chi connectivity index (χ1n) is 4.83. The highest BCUT2D eigenvalue weighted by molar-refractivity contribution is 5.68. The van der Waals surface area contributed by atoms with E-state index in [1.165, 1.54) is 26.4 Å². The van der Waals surface area contributed by atoms with E-state index < -0.39 is 0 Å². The average Bonchev–Trinajstić information content (AvgIpc) is 2.92. The third-order valence-corrected chi connectivity index (χ3v) is 2.24. The number of benzene rings is 1. The SMILES string of the molecule is COc1cc(-c2nn[nH]n2)cc([N+](=O)OC)c1O. The molecule has 0 aliphatic heterocycles. The van der Waals surface area contributed by atoms with Crippen LogP contribution < -0.4 is 4.74 Å². The van der Waals surface area contributed by atoms with Crippen LogP contribution in [0.1, 0.15) is 0 Å². The Morgan fingerprint density at radius 1 is 1.39 bits per heavy atom. The summed E-state index contributed by atoms with van der Waals surface area (Å²) in [5.74, 6) is 0.0332. The fourth-order valence-corrected chi connectivity index (χ4v) is 1.40. The molecule has 1 aromatic heterocycles. The molecule has 2 rings (SSSR count). The molecule has 0 radical (unpaired) electrons. The van der Waals surface area contributed by atoms with Gasteiger partial charge in [0.05, 0.1) is 12.0 Å². The van der Waals surface area contributed by atoms with Gasteiger partial charge in [-0.15, -0.1) is 10.2 Å². The predicted octanol–water partition coefficient (Wildman–Crippen LogP) is 0.553. The second kappa shape index (κ2) is 4.65. The molecule has 1 heterocycles. The van der Waals surface area contributed by atoms with Gasteiger partial charge in [-0.05, 0) is 11.3 Å². The number of phenolic OH excluding ortho intramolecular Hbond substituents is 1. The van der Waals surface area contributed by atoms with Gasteiger partial charge in [-0.1, -0.05) is 0 Å². The van der Waals surface area contributed by atoms with Crippen molar-refractivity contribution in [2.75, 3.05) is 14.2 Å². The van der Waals surface area contributed by atoms with Crippen molar-refractivity contribution in [3.8, 4) is 22.9 Å². The Morgan fingerprint density at radius 3 is 2.72 bits per heavy atom. The Hall–Kier alpha value is -2.71. The van der Waals surface area contributed by atoms with Crippen molar-refractivity contribution >= 4 is 5.69 Å². The molecule has 0 amide bonds. The molecule has 94 valence electrons. The monoisotopic (exact) mass is 252 g/mol. The van der Waals surface area contributed by atoms with Crippen LogP contribution in [0.2, 0.25) is 0 Å². The number of rotatable bonds is 4. The smallest absolute Gasteiger partial charge is 0.362 e. The van der Waals surface area contributed by atoms with Crippen molar-refractivity contribution in [2.45, 2.75) is 0 Å². The summed E-state index contributed by atoms with van der Waals surface area (Å²) < 4.78 is 4.96.